The normalized spacial score (nSPS) is 8.00. The van der Waals surface area contributed by atoms with Crippen molar-refractivity contribution in [2.75, 3.05) is 0 Å². The van der Waals surface area contributed by atoms with Gasteiger partial charge in [0.05, 0.1) is 0 Å². The van der Waals surface area contributed by atoms with E-state index >= 15 is 0 Å². The maximum absolute atomic E-state index is 3.87. The third kappa shape index (κ3) is 2.43. The van der Waals surface area contributed by atoms with Crippen molar-refractivity contribution in [1.82, 2.24) is 15.2 Å². The first-order chi connectivity index (χ1) is 4.50. The van der Waals surface area contributed by atoms with Gasteiger partial charge in [0.15, 0.2) is 0 Å². The summed E-state index contributed by atoms with van der Waals surface area (Å²) in [5.74, 6) is 0. The second-order valence-corrected chi connectivity index (χ2v) is 1.41. The Kier molecular flexibility index (Phi) is 2.30. The number of aromatic amines is 1. The lowest BCUT2D eigenvalue weighted by molar-refractivity contribution is 1.05. The topological polar surface area (TPSA) is 41.6 Å². The van der Waals surface area contributed by atoms with E-state index in [9.17, 15) is 0 Å². The van der Waals surface area contributed by atoms with Gasteiger partial charge in [-0.1, -0.05) is 0 Å². The Morgan fingerprint density at radius 2 is 1.89 bits per heavy atom. The van der Waals surface area contributed by atoms with Gasteiger partial charge in [0.25, 0.3) is 0 Å². The van der Waals surface area contributed by atoms with Crippen molar-refractivity contribution >= 4 is 0 Å². The van der Waals surface area contributed by atoms with E-state index < -0.39 is 0 Å². The molecule has 3 nitrogen and oxygen atoms in total. The van der Waals surface area contributed by atoms with Crippen LogP contribution < -0.4 is 0 Å². The minimum absolute atomic E-state index is 1.63. The van der Waals surface area contributed by atoms with Crippen LogP contribution in [0.5, 0.6) is 0 Å². The van der Waals surface area contributed by atoms with E-state index in [1.165, 1.54) is 0 Å². The lowest BCUT2D eigenvalue weighted by Gasteiger charge is -1.64. The second kappa shape index (κ2) is 3.60. The molecule has 0 aliphatic carbocycles. The summed E-state index contributed by atoms with van der Waals surface area (Å²) in [5, 5.41) is 6.44. The van der Waals surface area contributed by atoms with Crippen LogP contribution in [0.4, 0.5) is 0 Å². The number of rotatable bonds is 0. The molecule has 0 fully saturated rings. The summed E-state index contributed by atoms with van der Waals surface area (Å²) in [7, 11) is 0. The number of hydrogen-bond acceptors (Lipinski definition) is 2. The van der Waals surface area contributed by atoms with E-state index in [4.69, 9.17) is 0 Å². The molecule has 0 saturated carbocycles. The van der Waals surface area contributed by atoms with Crippen LogP contribution in [0, 0.1) is 0 Å². The van der Waals surface area contributed by atoms with Gasteiger partial charge in [0.2, 0.25) is 0 Å². The molecule has 0 aliphatic heterocycles. The molecule has 46 valence electrons. The van der Waals surface area contributed by atoms with Crippen molar-refractivity contribution in [3.63, 3.8) is 0 Å². The van der Waals surface area contributed by atoms with Crippen molar-refractivity contribution in [3.8, 4) is 0 Å². The highest BCUT2D eigenvalue weighted by Crippen LogP contribution is 1.67. The Morgan fingerprint density at radius 3 is 2.89 bits per heavy atom. The largest absolute Gasteiger partial charge is 0.286 e. The fraction of sp³-hybridized carbons (Fsp3) is 0. The Hall–Kier alpha value is -1.38. The van der Waals surface area contributed by atoms with E-state index in [2.05, 4.69) is 15.2 Å². The predicted octanol–water partition coefficient (Wildman–Crippen LogP) is 0.929. The molecular weight excluding hydrogens is 114 g/mol. The van der Waals surface area contributed by atoms with E-state index in [-0.39, 0.29) is 0 Å². The highest BCUT2D eigenvalue weighted by molar-refractivity contribution is 4.76. The molecule has 1 rings (SSSR count). The Bertz CT molecular complexity index is 130. The highest BCUT2D eigenvalue weighted by Gasteiger charge is 1.58. The summed E-state index contributed by atoms with van der Waals surface area (Å²) in [4.78, 5) is 3.87. The zero-order valence-electron chi connectivity index (χ0n) is 4.86. The van der Waals surface area contributed by atoms with Crippen LogP contribution in [-0.2, 0) is 0 Å². The van der Waals surface area contributed by atoms with Gasteiger partial charge in [-0.05, 0) is 12.1 Å². The number of nitrogens with one attached hydrogen (secondary N) is 1. The van der Waals surface area contributed by atoms with Crippen molar-refractivity contribution in [3.05, 3.63) is 36.9 Å². The third-order valence-corrected chi connectivity index (χ3v) is 0.750. The molecule has 0 spiro atoms. The number of aromatic nitrogens is 3. The molecular formula is C6H7N3. The Labute approximate surface area is 53.1 Å². The minimum Gasteiger partial charge on any atom is -0.286 e. The molecule has 1 aromatic rings. The van der Waals surface area contributed by atoms with Gasteiger partial charge in [-0.15, -0.1) is 0 Å². The predicted molar refractivity (Wildman–Crippen MR) is 34.0 cm³/mol. The molecule has 1 aromatic heterocycles. The van der Waals surface area contributed by atoms with Crippen LogP contribution in [-0.4, -0.2) is 15.2 Å². The molecule has 3 heteroatoms. The van der Waals surface area contributed by atoms with Gasteiger partial charge in [0, 0.05) is 24.8 Å². The fourth-order valence-electron chi connectivity index (χ4n) is 0.403. The van der Waals surface area contributed by atoms with Gasteiger partial charge in [-0.2, -0.15) is 5.10 Å². The Morgan fingerprint density at radius 1 is 1.00 bits per heavy atom. The first-order valence-electron chi connectivity index (χ1n) is 2.62. The molecule has 0 saturated heterocycles. The number of H-pyrrole nitrogens is 1. The SMILES string of the molecule is c1cnccc[nH]nc1. The van der Waals surface area contributed by atoms with Gasteiger partial charge < -0.3 is 0 Å². The average molecular weight is 121 g/mol. The van der Waals surface area contributed by atoms with Crippen LogP contribution in [0.15, 0.2) is 36.9 Å². The van der Waals surface area contributed by atoms with Crippen LogP contribution >= 0.6 is 0 Å². The molecule has 0 radical (unpaired) electrons. The fourth-order valence-corrected chi connectivity index (χ4v) is 0.403. The zero-order chi connectivity index (χ0) is 6.36. The van der Waals surface area contributed by atoms with Gasteiger partial charge in [-0.25, -0.2) is 0 Å². The van der Waals surface area contributed by atoms with Crippen LogP contribution in [0.3, 0.4) is 0 Å². The molecule has 0 aromatic carbocycles. The van der Waals surface area contributed by atoms with Crippen LogP contribution in [0.25, 0.3) is 0 Å². The molecule has 0 atom stereocenters. The summed E-state index contributed by atoms with van der Waals surface area (Å²) in [6.45, 7) is 0. The van der Waals surface area contributed by atoms with Crippen molar-refractivity contribution in [1.29, 1.82) is 0 Å². The summed E-state index contributed by atoms with van der Waals surface area (Å²) < 4.78 is 0. The van der Waals surface area contributed by atoms with E-state index in [1.807, 2.05) is 0 Å². The lowest BCUT2D eigenvalue weighted by Crippen LogP contribution is -1.64. The highest BCUT2D eigenvalue weighted by atomic mass is 15.1. The second-order valence-electron chi connectivity index (χ2n) is 1.41. The average Bonchev–Trinajstić information content (AvgIpc) is 2.00. The van der Waals surface area contributed by atoms with Crippen molar-refractivity contribution < 1.29 is 0 Å². The quantitative estimate of drug-likeness (QED) is 0.554. The van der Waals surface area contributed by atoms with Crippen LogP contribution in [0.1, 0.15) is 0 Å². The molecule has 9 heavy (non-hydrogen) atoms. The van der Waals surface area contributed by atoms with E-state index in [0.717, 1.165) is 0 Å². The van der Waals surface area contributed by atoms with E-state index in [1.54, 1.807) is 36.9 Å². The first kappa shape index (κ1) is 5.75. The third-order valence-electron chi connectivity index (χ3n) is 0.750. The number of nitrogens with zero attached hydrogens (tertiary/aromatic N) is 2. The van der Waals surface area contributed by atoms with Gasteiger partial charge in [-0.3, -0.25) is 10.1 Å². The molecule has 0 aliphatic rings. The molecule has 1 heterocycles. The number of hydrogen-bond donors (Lipinski definition) is 1. The smallest absolute Gasteiger partial charge is 0.0487 e. The van der Waals surface area contributed by atoms with E-state index in [0.29, 0.717) is 0 Å². The van der Waals surface area contributed by atoms with Crippen LogP contribution in [0.2, 0.25) is 0 Å². The summed E-state index contributed by atoms with van der Waals surface area (Å²) >= 11 is 0. The molecule has 0 unspecified atom stereocenters. The maximum Gasteiger partial charge on any atom is 0.0487 e. The van der Waals surface area contributed by atoms with Gasteiger partial charge in [0.1, 0.15) is 0 Å². The summed E-state index contributed by atoms with van der Waals surface area (Å²) in [5.41, 5.74) is 0. The standard InChI is InChI=1S/C6H7N3/c1-3-7-4-2-6-9-8-5-1/h1-6,8H. The molecule has 0 bridgehead atoms. The van der Waals surface area contributed by atoms with Gasteiger partial charge >= 0.3 is 0 Å². The molecule has 0 amide bonds. The maximum atomic E-state index is 3.87. The summed E-state index contributed by atoms with van der Waals surface area (Å²) in [6.07, 6.45) is 6.68. The molecule has 1 N–H and O–H groups in total. The summed E-state index contributed by atoms with van der Waals surface area (Å²) in [6, 6.07) is 3.52. The zero-order valence-corrected chi connectivity index (χ0v) is 4.86. The Balaban J connectivity index is 3.04. The monoisotopic (exact) mass is 121 g/mol. The first-order valence-corrected chi connectivity index (χ1v) is 2.62. The van der Waals surface area contributed by atoms with Crippen molar-refractivity contribution in [2.45, 2.75) is 0 Å². The lowest BCUT2D eigenvalue weighted by atomic mass is 10.7. The minimum atomic E-state index is 1.63. The van der Waals surface area contributed by atoms with Crippen molar-refractivity contribution in [2.24, 2.45) is 0 Å².